The van der Waals surface area contributed by atoms with E-state index >= 15 is 0 Å². The molecule has 0 spiro atoms. The summed E-state index contributed by atoms with van der Waals surface area (Å²) in [7, 11) is 0. The number of hydrogen-bond donors (Lipinski definition) is 1. The predicted octanol–water partition coefficient (Wildman–Crippen LogP) is 3.43. The van der Waals surface area contributed by atoms with Crippen LogP contribution in [0.4, 0.5) is 5.82 Å². The number of aromatic nitrogens is 2. The number of nitrogen functional groups attached to an aromatic ring is 1. The van der Waals surface area contributed by atoms with Crippen molar-refractivity contribution in [1.29, 1.82) is 0 Å². The van der Waals surface area contributed by atoms with E-state index in [1.165, 1.54) is 0 Å². The van der Waals surface area contributed by atoms with Gasteiger partial charge in [-0.25, -0.2) is 9.97 Å². The molecule has 0 radical (unpaired) electrons. The Hall–Kier alpha value is -1.37. The van der Waals surface area contributed by atoms with Crippen molar-refractivity contribution in [2.75, 3.05) is 12.3 Å². The zero-order valence-corrected chi connectivity index (χ0v) is 13.1. The molecule has 0 atom stereocenters. The third kappa shape index (κ3) is 3.34. The fourth-order valence-electron chi connectivity index (χ4n) is 1.63. The summed E-state index contributed by atoms with van der Waals surface area (Å²) < 4.78 is 6.45. The van der Waals surface area contributed by atoms with Gasteiger partial charge in [-0.05, 0) is 60.2 Å². The van der Waals surface area contributed by atoms with Crippen LogP contribution in [0.5, 0.6) is 5.75 Å². The van der Waals surface area contributed by atoms with Gasteiger partial charge in [0.05, 0.1) is 15.9 Å². The van der Waals surface area contributed by atoms with Gasteiger partial charge in [-0.1, -0.05) is 6.92 Å². The number of hydrogen-bond acceptors (Lipinski definition) is 4. The van der Waals surface area contributed by atoms with Gasteiger partial charge in [-0.2, -0.15) is 0 Å². The van der Waals surface area contributed by atoms with Crippen LogP contribution < -0.4 is 10.5 Å². The minimum atomic E-state index is 0.523. The number of aryl methyl sites for hydroxylation is 1. The zero-order valence-electron chi connectivity index (χ0n) is 11.0. The van der Waals surface area contributed by atoms with Crippen LogP contribution >= 0.6 is 22.6 Å². The molecule has 0 saturated carbocycles. The maximum atomic E-state index is 5.87. The average Bonchev–Trinajstić information content (AvgIpc) is 2.42. The molecule has 1 aromatic carbocycles. The molecular weight excluding hydrogens is 353 g/mol. The molecule has 0 fully saturated rings. The number of anilines is 1. The van der Waals surface area contributed by atoms with Gasteiger partial charge in [0, 0.05) is 5.56 Å². The van der Waals surface area contributed by atoms with E-state index in [1.807, 2.05) is 31.2 Å². The third-order valence-corrected chi connectivity index (χ3v) is 3.96. The number of benzene rings is 1. The Kier molecular flexibility index (Phi) is 4.57. The van der Waals surface area contributed by atoms with Crippen molar-refractivity contribution in [3.63, 3.8) is 0 Å². The van der Waals surface area contributed by atoms with Crippen LogP contribution in [0.1, 0.15) is 19.0 Å². The molecule has 2 aromatic rings. The van der Waals surface area contributed by atoms with Gasteiger partial charge in [-0.3, -0.25) is 0 Å². The van der Waals surface area contributed by atoms with Crippen LogP contribution in [0.25, 0.3) is 11.4 Å². The molecule has 0 aliphatic carbocycles. The molecule has 1 heterocycles. The maximum Gasteiger partial charge on any atom is 0.161 e. The molecule has 0 aliphatic heterocycles. The van der Waals surface area contributed by atoms with Gasteiger partial charge in [0.1, 0.15) is 11.6 Å². The van der Waals surface area contributed by atoms with Gasteiger partial charge >= 0.3 is 0 Å². The Balaban J connectivity index is 2.27. The van der Waals surface area contributed by atoms with Gasteiger partial charge in [-0.15, -0.1) is 0 Å². The molecule has 1 aromatic heterocycles. The lowest BCUT2D eigenvalue weighted by Crippen LogP contribution is -2.02. The summed E-state index contributed by atoms with van der Waals surface area (Å²) in [4.78, 5) is 8.77. The molecule has 2 rings (SSSR count). The SMILES string of the molecule is CCCOc1ccc(-c2nc(C)c(I)c(N)n2)cc1. The lowest BCUT2D eigenvalue weighted by atomic mass is 10.2. The highest BCUT2D eigenvalue weighted by molar-refractivity contribution is 14.1. The van der Waals surface area contributed by atoms with E-state index in [-0.39, 0.29) is 0 Å². The highest BCUT2D eigenvalue weighted by Crippen LogP contribution is 2.23. The van der Waals surface area contributed by atoms with E-state index in [0.717, 1.165) is 33.6 Å². The summed E-state index contributed by atoms with van der Waals surface area (Å²) in [6.45, 7) is 4.74. The number of halogens is 1. The van der Waals surface area contributed by atoms with Crippen molar-refractivity contribution in [3.05, 3.63) is 33.5 Å². The Bertz CT molecular complexity index is 546. The highest BCUT2D eigenvalue weighted by atomic mass is 127. The first-order chi connectivity index (χ1) is 9.11. The van der Waals surface area contributed by atoms with E-state index in [0.29, 0.717) is 11.6 Å². The summed E-state index contributed by atoms with van der Waals surface area (Å²) in [5.74, 6) is 2.03. The van der Waals surface area contributed by atoms with Crippen molar-refractivity contribution in [3.8, 4) is 17.1 Å². The Labute approximate surface area is 126 Å². The minimum Gasteiger partial charge on any atom is -0.494 e. The lowest BCUT2D eigenvalue weighted by Gasteiger charge is -2.07. The molecular formula is C14H16IN3O. The van der Waals surface area contributed by atoms with Gasteiger partial charge in [0.15, 0.2) is 5.82 Å². The van der Waals surface area contributed by atoms with Crippen molar-refractivity contribution < 1.29 is 4.74 Å². The second kappa shape index (κ2) is 6.18. The molecule has 0 amide bonds. The van der Waals surface area contributed by atoms with E-state index < -0.39 is 0 Å². The molecule has 4 nitrogen and oxygen atoms in total. The third-order valence-electron chi connectivity index (χ3n) is 2.63. The number of rotatable bonds is 4. The number of nitrogens with two attached hydrogens (primary N) is 1. The van der Waals surface area contributed by atoms with Crippen LogP contribution in [0, 0.1) is 10.5 Å². The lowest BCUT2D eigenvalue weighted by molar-refractivity contribution is 0.317. The molecule has 19 heavy (non-hydrogen) atoms. The molecule has 2 N–H and O–H groups in total. The molecule has 0 saturated heterocycles. The maximum absolute atomic E-state index is 5.87. The van der Waals surface area contributed by atoms with E-state index in [9.17, 15) is 0 Å². The first-order valence-corrected chi connectivity index (χ1v) is 7.22. The second-order valence-corrected chi connectivity index (χ2v) is 5.28. The monoisotopic (exact) mass is 369 g/mol. The van der Waals surface area contributed by atoms with Crippen LogP contribution in [-0.2, 0) is 0 Å². The Morgan fingerprint density at radius 1 is 1.21 bits per heavy atom. The van der Waals surface area contributed by atoms with Crippen LogP contribution in [0.3, 0.4) is 0 Å². The Morgan fingerprint density at radius 2 is 1.89 bits per heavy atom. The average molecular weight is 369 g/mol. The van der Waals surface area contributed by atoms with E-state index in [4.69, 9.17) is 10.5 Å². The van der Waals surface area contributed by atoms with E-state index in [2.05, 4.69) is 39.5 Å². The predicted molar refractivity (Wildman–Crippen MR) is 85.1 cm³/mol. The van der Waals surface area contributed by atoms with Crippen LogP contribution in [-0.4, -0.2) is 16.6 Å². The first-order valence-electron chi connectivity index (χ1n) is 6.14. The van der Waals surface area contributed by atoms with E-state index in [1.54, 1.807) is 0 Å². The minimum absolute atomic E-state index is 0.523. The smallest absolute Gasteiger partial charge is 0.161 e. The zero-order chi connectivity index (χ0) is 13.8. The molecule has 0 aliphatic rings. The standard InChI is InChI=1S/C14H16IN3O/c1-3-8-19-11-6-4-10(5-7-11)14-17-9(2)12(15)13(16)18-14/h4-7H,3,8H2,1-2H3,(H2,16,17,18). The first kappa shape index (κ1) is 14.0. The van der Waals surface area contributed by atoms with Crippen molar-refractivity contribution in [1.82, 2.24) is 9.97 Å². The molecule has 0 unspecified atom stereocenters. The van der Waals surface area contributed by atoms with Crippen LogP contribution in [0.2, 0.25) is 0 Å². The topological polar surface area (TPSA) is 61.0 Å². The van der Waals surface area contributed by atoms with Crippen molar-refractivity contribution in [2.45, 2.75) is 20.3 Å². The fraction of sp³-hybridized carbons (Fsp3) is 0.286. The molecule has 100 valence electrons. The Morgan fingerprint density at radius 3 is 2.47 bits per heavy atom. The van der Waals surface area contributed by atoms with Gasteiger partial charge < -0.3 is 10.5 Å². The van der Waals surface area contributed by atoms with Crippen molar-refractivity contribution in [2.24, 2.45) is 0 Å². The summed E-state index contributed by atoms with van der Waals surface area (Å²) in [5.41, 5.74) is 7.71. The van der Waals surface area contributed by atoms with Gasteiger partial charge in [0.2, 0.25) is 0 Å². The fourth-order valence-corrected chi connectivity index (χ4v) is 1.87. The molecule has 5 heteroatoms. The normalized spacial score (nSPS) is 10.5. The highest BCUT2D eigenvalue weighted by Gasteiger charge is 2.08. The van der Waals surface area contributed by atoms with Crippen LogP contribution in [0.15, 0.2) is 24.3 Å². The largest absolute Gasteiger partial charge is 0.494 e. The second-order valence-electron chi connectivity index (χ2n) is 4.20. The van der Waals surface area contributed by atoms with Crippen molar-refractivity contribution >= 4 is 28.4 Å². The molecule has 0 bridgehead atoms. The summed E-state index contributed by atoms with van der Waals surface area (Å²) in [6.07, 6.45) is 0.998. The summed E-state index contributed by atoms with van der Waals surface area (Å²) in [6, 6.07) is 7.76. The summed E-state index contributed by atoms with van der Waals surface area (Å²) in [5, 5.41) is 0. The number of nitrogens with zero attached hydrogens (tertiary/aromatic N) is 2. The summed E-state index contributed by atoms with van der Waals surface area (Å²) >= 11 is 2.16. The quantitative estimate of drug-likeness (QED) is 0.839. The van der Waals surface area contributed by atoms with Gasteiger partial charge in [0.25, 0.3) is 0 Å². The number of ether oxygens (including phenoxy) is 1.